The minimum Gasteiger partial charge on any atom is -0.493 e. The lowest BCUT2D eigenvalue weighted by Crippen LogP contribution is -2.43. The van der Waals surface area contributed by atoms with E-state index in [0.29, 0.717) is 10.1 Å². The van der Waals surface area contributed by atoms with E-state index in [4.69, 9.17) is 38.0 Å². The number of alkyl halides is 1. The first kappa shape index (κ1) is 21.1. The van der Waals surface area contributed by atoms with Crippen molar-refractivity contribution in [2.75, 3.05) is 13.7 Å². The highest BCUT2D eigenvalue weighted by atomic mass is 32.1. The number of fused-ring (bicyclic) bond motifs is 1. The molecule has 1 saturated heterocycles. The van der Waals surface area contributed by atoms with Crippen LogP contribution in [0, 0.1) is 4.64 Å². The third-order valence-electron chi connectivity index (χ3n) is 4.84. The summed E-state index contributed by atoms with van der Waals surface area (Å²) >= 11 is 4.80. The fourth-order valence-corrected chi connectivity index (χ4v) is 4.45. The Morgan fingerprint density at radius 3 is 2.97 bits per heavy atom. The average Bonchev–Trinajstić information content (AvgIpc) is 3.03. The fraction of sp³-hybridized carbons (Fsp3) is 0.389. The summed E-state index contributed by atoms with van der Waals surface area (Å²) in [4.78, 5) is 25.5. The number of nitrogens with one attached hydrogen (secondary N) is 1. The second-order valence-electron chi connectivity index (χ2n) is 6.91. The smallest absolute Gasteiger partial charge is 0.493 e. The Morgan fingerprint density at radius 2 is 2.27 bits per heavy atom. The first-order valence-electron chi connectivity index (χ1n) is 10.2. The van der Waals surface area contributed by atoms with Crippen LogP contribution in [0.2, 0.25) is 0 Å². The van der Waals surface area contributed by atoms with Crippen LogP contribution < -0.4 is 15.0 Å². The number of nitrogens with zero attached hydrogens (tertiary/aromatic N) is 1. The molecule has 12 nitrogen and oxygen atoms in total. The van der Waals surface area contributed by atoms with Crippen molar-refractivity contribution in [3.63, 3.8) is 0 Å². The number of aromatic amines is 1. The number of aromatic nitrogens is 2. The first-order chi connectivity index (χ1) is 16.4. The van der Waals surface area contributed by atoms with E-state index in [9.17, 15) is 24.4 Å². The van der Waals surface area contributed by atoms with Crippen molar-refractivity contribution in [2.24, 2.45) is 0 Å². The molecule has 1 aromatic carbocycles. The molecule has 2 aliphatic heterocycles. The van der Waals surface area contributed by atoms with Crippen LogP contribution in [0.1, 0.15) is 24.9 Å². The van der Waals surface area contributed by atoms with Crippen molar-refractivity contribution in [1.29, 1.82) is 0 Å². The molecule has 1 fully saturated rings. The van der Waals surface area contributed by atoms with Crippen LogP contribution in [-0.2, 0) is 25.0 Å². The third kappa shape index (κ3) is 4.26. The quantitative estimate of drug-likeness (QED) is 0.295. The Hall–Kier alpha value is -2.45. The molecule has 2 aromatic rings. The average molecular weight is 506 g/mol. The van der Waals surface area contributed by atoms with E-state index < -0.39 is 44.4 Å². The van der Waals surface area contributed by atoms with Crippen LogP contribution >= 0.6 is 20.0 Å². The van der Waals surface area contributed by atoms with E-state index in [-0.39, 0.29) is 34.6 Å². The van der Waals surface area contributed by atoms with Crippen LogP contribution in [0.5, 0.6) is 11.5 Å². The summed E-state index contributed by atoms with van der Waals surface area (Å²) < 4.78 is 70.2. The minimum absolute atomic E-state index is 0.0911. The number of phosphoric acid groups is 1. The molecule has 0 aliphatic carbocycles. The summed E-state index contributed by atoms with van der Waals surface area (Å²) in [6.45, 7) is -4.14. The summed E-state index contributed by atoms with van der Waals surface area (Å²) in [6.07, 6.45) is -5.84. The lowest BCUT2D eigenvalue weighted by Gasteiger charge is -2.28. The van der Waals surface area contributed by atoms with E-state index in [1.807, 2.05) is 0 Å². The number of aldehydes is 1. The number of rotatable bonds is 6. The highest BCUT2D eigenvalue weighted by molar-refractivity contribution is 7.71. The lowest BCUT2D eigenvalue weighted by molar-refractivity contribution is -0.205. The van der Waals surface area contributed by atoms with Gasteiger partial charge in [0, 0.05) is 11.8 Å². The maximum absolute atomic E-state index is 15.8. The largest absolute Gasteiger partial charge is 0.530 e. The van der Waals surface area contributed by atoms with Gasteiger partial charge in [-0.15, -0.1) is 0 Å². The van der Waals surface area contributed by atoms with Gasteiger partial charge in [-0.2, -0.15) is 0 Å². The van der Waals surface area contributed by atoms with Crippen LogP contribution in [0.4, 0.5) is 4.39 Å². The molecule has 3 N–H and O–H groups in total. The van der Waals surface area contributed by atoms with Gasteiger partial charge in [-0.25, -0.2) is 13.8 Å². The molecule has 0 amide bonds. The van der Waals surface area contributed by atoms with E-state index in [0.717, 1.165) is 6.20 Å². The molecule has 0 radical (unpaired) electrons. The Morgan fingerprint density at radius 1 is 1.52 bits per heavy atom. The van der Waals surface area contributed by atoms with E-state index in [1.165, 1.54) is 13.2 Å². The zero-order valence-corrected chi connectivity index (χ0v) is 18.4. The van der Waals surface area contributed by atoms with Gasteiger partial charge < -0.3 is 24.2 Å². The molecule has 1 aromatic heterocycles. The topological polar surface area (TPSA) is 159 Å². The Labute approximate surface area is 192 Å². The maximum atomic E-state index is 15.8. The number of H-pyrrole nitrogens is 1. The summed E-state index contributed by atoms with van der Waals surface area (Å²) in [6, 6.07) is 4.60. The van der Waals surface area contributed by atoms with Gasteiger partial charge in [-0.05, 0) is 6.07 Å². The van der Waals surface area contributed by atoms with Crippen molar-refractivity contribution in [2.45, 2.75) is 30.9 Å². The number of halogens is 1. The molecule has 1 unspecified atom stereocenters. The van der Waals surface area contributed by atoms with Gasteiger partial charge in [0.2, 0.25) is 0 Å². The number of phosphoric ester groups is 1. The minimum atomic E-state index is -4.87. The number of carbonyl (C=O) groups is 1. The van der Waals surface area contributed by atoms with Gasteiger partial charge >= 0.3 is 13.5 Å². The van der Waals surface area contributed by atoms with E-state index in [2.05, 4.69) is 4.98 Å². The van der Waals surface area contributed by atoms with Gasteiger partial charge in [0.25, 0.3) is 5.85 Å². The lowest BCUT2D eigenvalue weighted by atomic mass is 10.1. The van der Waals surface area contributed by atoms with Gasteiger partial charge in [0.05, 0.1) is 22.0 Å². The molecule has 0 bridgehead atoms. The highest BCUT2D eigenvalue weighted by Gasteiger charge is 2.57. The Kier molecular flexibility index (Phi) is 5.58. The van der Waals surface area contributed by atoms with Crippen LogP contribution in [0.25, 0.3) is 0 Å². The SMILES string of the molecule is [2H]C([2H])(OP1(=O)OCc2cccc(OC)c2O1)[C@@]1(F)O[C@@H](n2cc(C=O)c(=S)[nH]c2=O)[C@H](O)[C@@H]1O. The zero-order chi connectivity index (χ0) is 25.8. The number of hydrogen-bond donors (Lipinski definition) is 3. The number of methoxy groups -OCH3 is 1. The van der Waals surface area contributed by atoms with Gasteiger partial charge in [-0.3, -0.25) is 23.4 Å². The van der Waals surface area contributed by atoms with Crippen molar-refractivity contribution in [3.05, 3.63) is 50.6 Å². The maximum Gasteiger partial charge on any atom is 0.530 e. The van der Waals surface area contributed by atoms with Crippen LogP contribution in [0.3, 0.4) is 0 Å². The van der Waals surface area contributed by atoms with E-state index >= 15 is 4.39 Å². The number of benzene rings is 1. The fourth-order valence-electron chi connectivity index (χ4n) is 3.16. The summed E-state index contributed by atoms with van der Waals surface area (Å²) in [5.74, 6) is -3.87. The summed E-state index contributed by atoms with van der Waals surface area (Å²) in [5, 5.41) is 20.7. The van der Waals surface area contributed by atoms with Crippen molar-refractivity contribution in [3.8, 4) is 11.5 Å². The highest BCUT2D eigenvalue weighted by Crippen LogP contribution is 2.57. The van der Waals surface area contributed by atoms with Crippen molar-refractivity contribution in [1.82, 2.24) is 9.55 Å². The summed E-state index contributed by atoms with van der Waals surface area (Å²) in [5.41, 5.74) is -0.908. The summed E-state index contributed by atoms with van der Waals surface area (Å²) in [7, 11) is -3.57. The number of aliphatic hydroxyl groups excluding tert-OH is 2. The van der Waals surface area contributed by atoms with Gasteiger partial charge in [0.15, 0.2) is 24.0 Å². The van der Waals surface area contributed by atoms with Crippen molar-refractivity contribution < 1.29 is 49.7 Å². The molecule has 4 rings (SSSR count). The van der Waals surface area contributed by atoms with Crippen molar-refractivity contribution >= 4 is 26.3 Å². The number of para-hydroxylation sites is 1. The van der Waals surface area contributed by atoms with Gasteiger partial charge in [-0.1, -0.05) is 24.4 Å². The Bertz CT molecular complexity index is 1320. The monoisotopic (exact) mass is 506 g/mol. The molecule has 5 atom stereocenters. The number of carbonyl (C=O) groups excluding carboxylic acids is 1. The molecule has 15 heteroatoms. The normalized spacial score (nSPS) is 32.3. The zero-order valence-electron chi connectivity index (χ0n) is 18.7. The van der Waals surface area contributed by atoms with Crippen LogP contribution in [0.15, 0.2) is 29.2 Å². The molecule has 0 spiro atoms. The predicted octanol–water partition coefficient (Wildman–Crippen LogP) is 1.38. The number of hydrogen-bond acceptors (Lipinski definition) is 11. The van der Waals surface area contributed by atoms with Crippen LogP contribution in [-0.4, -0.2) is 57.8 Å². The van der Waals surface area contributed by atoms with Gasteiger partial charge in [0.1, 0.15) is 23.4 Å². The predicted molar refractivity (Wildman–Crippen MR) is 109 cm³/mol. The standard InChI is InChI=1S/C18H18FN2O10PS/c1-27-11-4-2-3-9-7-28-32(26,31-13(9)11)29-8-18(19)14(24)12(23)16(30-18)21-5-10(6-22)15(33)20-17(21)25/h2-6,12,14,16,23-24H,7-8H2,1H3,(H,20,25,33)/t12-,14+,16-,18-,32?/m1/s1/i8D2. The molecule has 3 heterocycles. The van der Waals surface area contributed by atoms with E-state index in [1.54, 1.807) is 12.1 Å². The second-order valence-corrected chi connectivity index (χ2v) is 8.84. The molecule has 33 heavy (non-hydrogen) atoms. The molecule has 0 saturated carbocycles. The molecule has 178 valence electrons. The molecular weight excluding hydrogens is 486 g/mol. The number of ether oxygens (including phenoxy) is 2. The number of aliphatic hydroxyl groups is 2. The molecular formula is C18H18FN2O10PS. The Balaban J connectivity index is 1.65. The third-order valence-corrected chi connectivity index (χ3v) is 6.35. The second kappa shape index (κ2) is 8.72. The first-order valence-corrected chi connectivity index (χ1v) is 11.1. The molecule has 2 aliphatic rings.